The standard InChI is InChI=1S/C32H25F9N2O4S/c1-43-17-20(16-42-43)28(44)13-19-14-29(15-19,48(45,46)24-11-9-23(33)10-12-24)21-5-7-22(8-6-21)30(31(36,37)38,32(39,40)41)47-18-25-26(34)3-2-4-27(25)35/h2-12,16-17,19H,13-15,18H2,1H3. The molecule has 4 aromatic rings. The number of halogens is 9. The number of ketones is 1. The van der Waals surface area contributed by atoms with Crippen LogP contribution in [-0.2, 0) is 38.6 Å². The molecule has 0 radical (unpaired) electrons. The van der Waals surface area contributed by atoms with Crippen molar-refractivity contribution in [3.8, 4) is 0 Å². The average molecular weight is 705 g/mol. The Hall–Kier alpha value is -4.18. The second-order valence-corrected chi connectivity index (χ2v) is 13.8. The first-order valence-corrected chi connectivity index (χ1v) is 15.6. The lowest BCUT2D eigenvalue weighted by Gasteiger charge is -2.47. The van der Waals surface area contributed by atoms with Gasteiger partial charge in [-0.05, 0) is 60.7 Å². The fraction of sp³-hybridized carbons (Fsp3) is 0.312. The third kappa shape index (κ3) is 5.99. The first kappa shape index (κ1) is 35.1. The van der Waals surface area contributed by atoms with Gasteiger partial charge in [0.05, 0.1) is 23.3 Å². The smallest absolute Gasteiger partial charge is 0.349 e. The molecule has 0 bridgehead atoms. The lowest BCUT2D eigenvalue weighted by atomic mass is 9.68. The molecule has 1 fully saturated rings. The topological polar surface area (TPSA) is 78.3 Å². The minimum absolute atomic E-state index is 0.129. The van der Waals surface area contributed by atoms with Crippen LogP contribution in [0.5, 0.6) is 0 Å². The van der Waals surface area contributed by atoms with Crippen molar-refractivity contribution in [1.82, 2.24) is 9.78 Å². The molecule has 1 saturated carbocycles. The summed E-state index contributed by atoms with van der Waals surface area (Å²) in [6, 6.07) is 8.17. The van der Waals surface area contributed by atoms with Gasteiger partial charge in [-0.15, -0.1) is 0 Å². The van der Waals surface area contributed by atoms with E-state index in [0.717, 1.165) is 42.5 Å². The van der Waals surface area contributed by atoms with E-state index in [2.05, 4.69) is 9.84 Å². The highest BCUT2D eigenvalue weighted by Gasteiger charge is 2.73. The number of carbonyl (C=O) groups is 1. The van der Waals surface area contributed by atoms with E-state index in [1.807, 2.05) is 0 Å². The molecule has 1 heterocycles. The van der Waals surface area contributed by atoms with E-state index in [1.165, 1.54) is 17.1 Å². The van der Waals surface area contributed by atoms with Crippen LogP contribution < -0.4 is 0 Å². The number of aromatic nitrogens is 2. The van der Waals surface area contributed by atoms with Crippen molar-refractivity contribution in [2.75, 3.05) is 0 Å². The number of aryl methyl sites for hydroxylation is 1. The predicted octanol–water partition coefficient (Wildman–Crippen LogP) is 7.73. The number of hydrogen-bond donors (Lipinski definition) is 0. The van der Waals surface area contributed by atoms with Gasteiger partial charge in [0.1, 0.15) is 22.2 Å². The quantitative estimate of drug-likeness (QED) is 0.0960. The van der Waals surface area contributed by atoms with Gasteiger partial charge in [0, 0.05) is 30.8 Å². The van der Waals surface area contributed by atoms with Gasteiger partial charge in [0.2, 0.25) is 0 Å². The maximum Gasteiger partial charge on any atom is 0.430 e. The Morgan fingerprint density at radius 3 is 1.96 bits per heavy atom. The van der Waals surface area contributed by atoms with Crippen LogP contribution in [0, 0.1) is 23.4 Å². The first-order chi connectivity index (χ1) is 22.3. The van der Waals surface area contributed by atoms with Gasteiger partial charge in [-0.3, -0.25) is 9.48 Å². The maximum absolute atomic E-state index is 14.4. The summed E-state index contributed by atoms with van der Waals surface area (Å²) < 4.78 is 160. The van der Waals surface area contributed by atoms with E-state index >= 15 is 0 Å². The number of hydrogen-bond acceptors (Lipinski definition) is 5. The molecule has 5 rings (SSSR count). The fourth-order valence-electron chi connectivity index (χ4n) is 6.01. The van der Waals surface area contributed by atoms with E-state index in [9.17, 15) is 52.7 Å². The largest absolute Gasteiger partial charge is 0.430 e. The SMILES string of the molecule is Cn1cc(C(=O)CC2CC(c3ccc(C(OCc4c(F)cccc4F)(C(F)(F)F)C(F)(F)F)cc3)(S(=O)(=O)c3ccc(F)cc3)C2)cn1. The number of sulfone groups is 1. The first-order valence-electron chi connectivity index (χ1n) is 14.2. The Labute approximate surface area is 268 Å². The summed E-state index contributed by atoms with van der Waals surface area (Å²) in [7, 11) is -2.89. The van der Waals surface area contributed by atoms with Crippen molar-refractivity contribution in [3.05, 3.63) is 119 Å². The summed E-state index contributed by atoms with van der Waals surface area (Å²) >= 11 is 0. The second-order valence-electron chi connectivity index (χ2n) is 11.5. The molecule has 1 aromatic heterocycles. The summed E-state index contributed by atoms with van der Waals surface area (Å²) in [5.74, 6) is -4.54. The lowest BCUT2D eigenvalue weighted by Crippen LogP contribution is -2.56. The van der Waals surface area contributed by atoms with Crippen LogP contribution in [0.3, 0.4) is 0 Å². The van der Waals surface area contributed by atoms with Crippen molar-refractivity contribution in [2.24, 2.45) is 13.0 Å². The van der Waals surface area contributed by atoms with E-state index < -0.39 is 73.6 Å². The minimum atomic E-state index is -6.21. The van der Waals surface area contributed by atoms with Crippen molar-refractivity contribution in [3.63, 3.8) is 0 Å². The molecule has 0 amide bonds. The number of carbonyl (C=O) groups excluding carboxylic acids is 1. The molecule has 1 aliphatic carbocycles. The van der Waals surface area contributed by atoms with Gasteiger partial charge in [0.25, 0.3) is 5.60 Å². The normalized spacial score (nSPS) is 18.8. The van der Waals surface area contributed by atoms with Crippen LogP contribution in [0.25, 0.3) is 0 Å². The number of nitrogens with zero attached hydrogens (tertiary/aromatic N) is 2. The van der Waals surface area contributed by atoms with Crippen LogP contribution in [0.4, 0.5) is 39.5 Å². The number of ether oxygens (including phenoxy) is 1. The molecule has 256 valence electrons. The van der Waals surface area contributed by atoms with Gasteiger partial charge in [-0.1, -0.05) is 30.3 Å². The monoisotopic (exact) mass is 704 g/mol. The van der Waals surface area contributed by atoms with E-state index in [0.29, 0.717) is 24.3 Å². The van der Waals surface area contributed by atoms with Crippen LogP contribution in [0.1, 0.15) is 46.3 Å². The zero-order valence-corrected chi connectivity index (χ0v) is 25.6. The fourth-order valence-corrected chi connectivity index (χ4v) is 8.31. The van der Waals surface area contributed by atoms with Crippen LogP contribution in [0.2, 0.25) is 0 Å². The second kappa shape index (κ2) is 12.4. The number of alkyl halides is 6. The number of Topliss-reactive ketones (excluding diaryl/α,β-unsaturated/α-hetero) is 1. The molecule has 0 aliphatic heterocycles. The van der Waals surface area contributed by atoms with Crippen molar-refractivity contribution >= 4 is 15.6 Å². The van der Waals surface area contributed by atoms with Crippen molar-refractivity contribution < 1.29 is 57.5 Å². The summed E-state index contributed by atoms with van der Waals surface area (Å²) in [6.45, 7) is -1.76. The van der Waals surface area contributed by atoms with Crippen molar-refractivity contribution in [1.29, 1.82) is 0 Å². The summed E-state index contributed by atoms with van der Waals surface area (Å²) in [6.07, 6.45) is -10.3. The average Bonchev–Trinajstić information content (AvgIpc) is 3.41. The van der Waals surface area contributed by atoms with Crippen LogP contribution in [-0.4, -0.2) is 36.3 Å². The Balaban J connectivity index is 1.55. The molecule has 16 heteroatoms. The molecule has 3 aromatic carbocycles. The Bertz CT molecular complexity index is 1880. The zero-order valence-electron chi connectivity index (χ0n) is 24.7. The van der Waals surface area contributed by atoms with Gasteiger partial charge in [0.15, 0.2) is 15.6 Å². The molecular weight excluding hydrogens is 679 g/mol. The molecule has 0 atom stereocenters. The third-order valence-electron chi connectivity index (χ3n) is 8.49. The highest BCUT2D eigenvalue weighted by molar-refractivity contribution is 7.92. The summed E-state index contributed by atoms with van der Waals surface area (Å²) in [4.78, 5) is 12.4. The minimum Gasteiger partial charge on any atom is -0.349 e. The van der Waals surface area contributed by atoms with Crippen LogP contribution in [0.15, 0.2) is 84.0 Å². The Morgan fingerprint density at radius 2 is 1.46 bits per heavy atom. The van der Waals surface area contributed by atoms with Gasteiger partial charge >= 0.3 is 12.4 Å². The van der Waals surface area contributed by atoms with Crippen LogP contribution >= 0.6 is 0 Å². The van der Waals surface area contributed by atoms with E-state index in [1.54, 1.807) is 7.05 Å². The Kier molecular flexibility index (Phi) is 9.05. The molecule has 48 heavy (non-hydrogen) atoms. The summed E-state index contributed by atoms with van der Waals surface area (Å²) in [5, 5.41) is 3.91. The van der Waals surface area contributed by atoms with Gasteiger partial charge in [-0.2, -0.15) is 31.4 Å². The molecule has 0 unspecified atom stereocenters. The molecule has 0 spiro atoms. The number of rotatable bonds is 10. The van der Waals surface area contributed by atoms with Crippen molar-refractivity contribution in [2.45, 2.75) is 53.5 Å². The van der Waals surface area contributed by atoms with E-state index in [-0.39, 0.29) is 41.1 Å². The zero-order chi connectivity index (χ0) is 35.3. The molecule has 6 nitrogen and oxygen atoms in total. The lowest BCUT2D eigenvalue weighted by molar-refractivity contribution is -0.392. The molecule has 0 saturated heterocycles. The predicted molar refractivity (Wildman–Crippen MR) is 152 cm³/mol. The van der Waals surface area contributed by atoms with Gasteiger partial charge < -0.3 is 4.74 Å². The maximum atomic E-state index is 14.4. The molecule has 0 N–H and O–H groups in total. The highest BCUT2D eigenvalue weighted by atomic mass is 32.2. The molecular formula is C32H25F9N2O4S. The van der Waals surface area contributed by atoms with E-state index in [4.69, 9.17) is 0 Å². The molecule has 1 aliphatic rings. The summed E-state index contributed by atoms with van der Waals surface area (Å²) in [5.41, 5.74) is -7.71. The highest BCUT2D eigenvalue weighted by Crippen LogP contribution is 2.57. The van der Waals surface area contributed by atoms with Gasteiger partial charge in [-0.25, -0.2) is 21.6 Å². The Morgan fingerprint density at radius 1 is 0.896 bits per heavy atom. The number of benzene rings is 3. The third-order valence-corrected chi connectivity index (χ3v) is 11.0.